The van der Waals surface area contributed by atoms with Crippen LogP contribution in [0.4, 0.5) is 5.13 Å². The fourth-order valence-electron chi connectivity index (χ4n) is 3.09. The fraction of sp³-hybridized carbons (Fsp3) is 0.350. The lowest BCUT2D eigenvalue weighted by Gasteiger charge is -2.07. The summed E-state index contributed by atoms with van der Waals surface area (Å²) in [5.74, 6) is -0.0677. The Hall–Kier alpha value is -2.47. The van der Waals surface area contributed by atoms with Crippen LogP contribution >= 0.6 is 11.3 Å². The van der Waals surface area contributed by atoms with Crippen molar-refractivity contribution in [3.8, 4) is 11.3 Å². The van der Waals surface area contributed by atoms with Gasteiger partial charge in [0.05, 0.1) is 17.8 Å². The van der Waals surface area contributed by atoms with Crippen molar-refractivity contribution in [3.63, 3.8) is 0 Å². The monoisotopic (exact) mass is 368 g/mol. The molecule has 2 aromatic heterocycles. The average molecular weight is 369 g/mol. The van der Waals surface area contributed by atoms with Gasteiger partial charge in [0.25, 0.3) is 0 Å². The number of hydrogen-bond acceptors (Lipinski definition) is 4. The van der Waals surface area contributed by atoms with E-state index < -0.39 is 0 Å². The quantitative estimate of drug-likeness (QED) is 0.748. The Morgan fingerprint density at radius 2 is 1.81 bits per heavy atom. The first-order valence-electron chi connectivity index (χ1n) is 8.59. The highest BCUT2D eigenvalue weighted by molar-refractivity contribution is 7.14. The Labute approximate surface area is 158 Å². The number of hydrogen-bond donors (Lipinski definition) is 1. The lowest BCUT2D eigenvalue weighted by Crippen LogP contribution is -2.15. The summed E-state index contributed by atoms with van der Waals surface area (Å²) in [6.45, 7) is 10.2. The van der Waals surface area contributed by atoms with E-state index in [1.54, 1.807) is 0 Å². The van der Waals surface area contributed by atoms with Crippen molar-refractivity contribution >= 4 is 22.4 Å². The molecular weight excluding hydrogens is 344 g/mol. The molecule has 0 atom stereocenters. The van der Waals surface area contributed by atoms with E-state index in [1.807, 2.05) is 31.0 Å². The van der Waals surface area contributed by atoms with Gasteiger partial charge in [-0.15, -0.1) is 11.3 Å². The molecule has 1 N–H and O–H groups in total. The van der Waals surface area contributed by atoms with Crippen LogP contribution in [-0.2, 0) is 18.3 Å². The van der Waals surface area contributed by atoms with Crippen molar-refractivity contribution in [2.45, 2.75) is 41.0 Å². The lowest BCUT2D eigenvalue weighted by atomic mass is 9.99. The van der Waals surface area contributed by atoms with Crippen molar-refractivity contribution in [1.82, 2.24) is 14.8 Å². The molecule has 1 aromatic carbocycles. The molecule has 0 spiro atoms. The molecule has 0 saturated heterocycles. The third-order valence-electron chi connectivity index (χ3n) is 4.86. The standard InChI is InChI=1S/C20H24N4OS/c1-11-7-13(3)16(8-12(11)2)18-10-26-20(21-18)22-19(25)9-17-14(4)23-24(6)15(17)5/h7-8,10H,9H2,1-6H3,(H,21,22,25). The van der Waals surface area contributed by atoms with Crippen molar-refractivity contribution in [2.75, 3.05) is 5.32 Å². The zero-order chi connectivity index (χ0) is 19.0. The highest BCUT2D eigenvalue weighted by Gasteiger charge is 2.15. The molecule has 5 nitrogen and oxygen atoms in total. The topological polar surface area (TPSA) is 59.8 Å². The summed E-state index contributed by atoms with van der Waals surface area (Å²) in [6.07, 6.45) is 0.309. The predicted octanol–water partition coefficient (Wildman–Crippen LogP) is 4.27. The van der Waals surface area contributed by atoms with E-state index >= 15 is 0 Å². The molecule has 0 aliphatic heterocycles. The first-order valence-corrected chi connectivity index (χ1v) is 9.47. The smallest absolute Gasteiger partial charge is 0.230 e. The first kappa shape index (κ1) is 18.3. The van der Waals surface area contributed by atoms with E-state index in [9.17, 15) is 4.79 Å². The Kier molecular flexibility index (Phi) is 4.96. The van der Waals surface area contributed by atoms with Crippen LogP contribution in [0.15, 0.2) is 17.5 Å². The fourth-order valence-corrected chi connectivity index (χ4v) is 3.82. The number of aromatic nitrogens is 3. The van der Waals surface area contributed by atoms with Gasteiger partial charge >= 0.3 is 0 Å². The van der Waals surface area contributed by atoms with Gasteiger partial charge < -0.3 is 5.32 Å². The molecule has 0 bridgehead atoms. The van der Waals surface area contributed by atoms with E-state index in [0.29, 0.717) is 11.6 Å². The lowest BCUT2D eigenvalue weighted by molar-refractivity contribution is -0.115. The van der Waals surface area contributed by atoms with Gasteiger partial charge in [0, 0.05) is 29.2 Å². The van der Waals surface area contributed by atoms with Gasteiger partial charge in [-0.3, -0.25) is 9.48 Å². The number of nitrogens with one attached hydrogen (secondary N) is 1. The van der Waals surface area contributed by atoms with E-state index in [1.165, 1.54) is 28.0 Å². The Bertz CT molecular complexity index is 984. The predicted molar refractivity (Wildman–Crippen MR) is 107 cm³/mol. The zero-order valence-corrected chi connectivity index (χ0v) is 16.9. The third-order valence-corrected chi connectivity index (χ3v) is 5.62. The number of nitrogens with zero attached hydrogens (tertiary/aromatic N) is 3. The zero-order valence-electron chi connectivity index (χ0n) is 16.1. The van der Waals surface area contributed by atoms with Gasteiger partial charge in [-0.2, -0.15) is 5.10 Å². The first-order chi connectivity index (χ1) is 12.3. The Morgan fingerprint density at radius 1 is 1.12 bits per heavy atom. The molecule has 0 aliphatic carbocycles. The number of amides is 1. The van der Waals surface area contributed by atoms with E-state index in [-0.39, 0.29) is 5.91 Å². The van der Waals surface area contributed by atoms with Crippen molar-refractivity contribution in [3.05, 3.63) is 51.2 Å². The molecule has 3 rings (SSSR count). The largest absolute Gasteiger partial charge is 0.302 e. The number of anilines is 1. The van der Waals surface area contributed by atoms with Crippen LogP contribution in [-0.4, -0.2) is 20.7 Å². The van der Waals surface area contributed by atoms with Crippen molar-refractivity contribution < 1.29 is 4.79 Å². The number of rotatable bonds is 4. The van der Waals surface area contributed by atoms with Crippen LogP contribution in [0.25, 0.3) is 11.3 Å². The molecule has 0 aliphatic rings. The van der Waals surface area contributed by atoms with Crippen molar-refractivity contribution in [2.24, 2.45) is 7.05 Å². The highest BCUT2D eigenvalue weighted by atomic mass is 32.1. The summed E-state index contributed by atoms with van der Waals surface area (Å²) >= 11 is 1.45. The minimum Gasteiger partial charge on any atom is -0.302 e. The number of benzene rings is 1. The summed E-state index contributed by atoms with van der Waals surface area (Å²) in [5.41, 5.74) is 8.62. The van der Waals surface area contributed by atoms with Gasteiger partial charge in [0.15, 0.2) is 5.13 Å². The molecule has 0 saturated carbocycles. The summed E-state index contributed by atoms with van der Waals surface area (Å²) in [7, 11) is 1.89. The molecule has 6 heteroatoms. The maximum absolute atomic E-state index is 12.4. The second kappa shape index (κ2) is 7.03. The summed E-state index contributed by atoms with van der Waals surface area (Å²) < 4.78 is 1.81. The van der Waals surface area contributed by atoms with Gasteiger partial charge in [0.1, 0.15) is 0 Å². The number of carbonyl (C=O) groups excluding carboxylic acids is 1. The minimum atomic E-state index is -0.0677. The molecule has 0 fully saturated rings. The van der Waals surface area contributed by atoms with Crippen LogP contribution in [0, 0.1) is 34.6 Å². The van der Waals surface area contributed by atoms with Gasteiger partial charge in [-0.05, 0) is 57.4 Å². The number of thiazole rings is 1. The number of carbonyl (C=O) groups is 1. The molecule has 2 heterocycles. The summed E-state index contributed by atoms with van der Waals surface area (Å²) in [6, 6.07) is 4.34. The van der Waals surface area contributed by atoms with Crippen LogP contribution in [0.3, 0.4) is 0 Å². The van der Waals surface area contributed by atoms with Gasteiger partial charge in [0.2, 0.25) is 5.91 Å². The molecule has 136 valence electrons. The highest BCUT2D eigenvalue weighted by Crippen LogP contribution is 2.29. The normalized spacial score (nSPS) is 11.0. The second-order valence-corrected chi connectivity index (χ2v) is 7.65. The maximum Gasteiger partial charge on any atom is 0.230 e. The summed E-state index contributed by atoms with van der Waals surface area (Å²) in [5, 5.41) is 9.90. The van der Waals surface area contributed by atoms with Crippen molar-refractivity contribution in [1.29, 1.82) is 0 Å². The van der Waals surface area contributed by atoms with Gasteiger partial charge in [-0.1, -0.05) is 6.07 Å². The Balaban J connectivity index is 1.76. The van der Waals surface area contributed by atoms with Crippen LogP contribution in [0.5, 0.6) is 0 Å². The van der Waals surface area contributed by atoms with E-state index in [4.69, 9.17) is 0 Å². The summed E-state index contributed by atoms with van der Waals surface area (Å²) in [4.78, 5) is 17.0. The molecule has 1 amide bonds. The molecule has 3 aromatic rings. The SMILES string of the molecule is Cc1cc(C)c(-c2csc(NC(=O)Cc3c(C)nn(C)c3C)n2)cc1C. The third kappa shape index (κ3) is 3.55. The van der Waals surface area contributed by atoms with E-state index in [2.05, 4.69) is 48.3 Å². The minimum absolute atomic E-state index is 0.0677. The second-order valence-electron chi connectivity index (χ2n) is 6.79. The molecule has 26 heavy (non-hydrogen) atoms. The Morgan fingerprint density at radius 3 is 2.46 bits per heavy atom. The molecular formula is C20H24N4OS. The molecule has 0 radical (unpaired) electrons. The average Bonchev–Trinajstić information content (AvgIpc) is 3.11. The van der Waals surface area contributed by atoms with E-state index in [0.717, 1.165) is 28.2 Å². The van der Waals surface area contributed by atoms with Gasteiger partial charge in [-0.25, -0.2) is 4.98 Å². The van der Waals surface area contributed by atoms with Crippen LogP contribution < -0.4 is 5.32 Å². The maximum atomic E-state index is 12.4. The number of aryl methyl sites for hydroxylation is 5. The molecule has 0 unspecified atom stereocenters. The van der Waals surface area contributed by atoms with Crippen LogP contribution in [0.2, 0.25) is 0 Å². The van der Waals surface area contributed by atoms with Crippen LogP contribution in [0.1, 0.15) is 33.6 Å².